The van der Waals surface area contributed by atoms with Gasteiger partial charge in [-0.05, 0) is 33.3 Å². The van der Waals surface area contributed by atoms with E-state index in [1.54, 1.807) is 0 Å². The maximum absolute atomic E-state index is 5.65. The Hall–Kier alpha value is -2.38. The Morgan fingerprint density at radius 1 is 1.21 bits per heavy atom. The molecule has 0 aliphatic carbocycles. The van der Waals surface area contributed by atoms with Gasteiger partial charge in [-0.25, -0.2) is 9.98 Å². The van der Waals surface area contributed by atoms with E-state index in [0.29, 0.717) is 12.4 Å². The maximum Gasteiger partial charge on any atom is 0.216 e. The SMILES string of the molecule is CCNC(=NCc1nc(C)c(C)o1)NCC(c1cccc(C)c1)N1CCOCC1. The van der Waals surface area contributed by atoms with E-state index >= 15 is 0 Å². The molecule has 3 rings (SSSR count). The molecule has 2 N–H and O–H groups in total. The molecule has 1 unspecified atom stereocenters. The first-order chi connectivity index (χ1) is 14.1. The van der Waals surface area contributed by atoms with Crippen LogP contribution in [0.3, 0.4) is 0 Å². The van der Waals surface area contributed by atoms with Gasteiger partial charge in [-0.2, -0.15) is 0 Å². The molecular weight excluding hydrogens is 366 g/mol. The molecule has 1 fully saturated rings. The van der Waals surface area contributed by atoms with Gasteiger partial charge >= 0.3 is 0 Å². The summed E-state index contributed by atoms with van der Waals surface area (Å²) in [5, 5.41) is 6.84. The molecule has 158 valence electrons. The van der Waals surface area contributed by atoms with Crippen molar-refractivity contribution in [2.24, 2.45) is 4.99 Å². The quantitative estimate of drug-likeness (QED) is 0.551. The number of aryl methyl sites for hydroxylation is 3. The van der Waals surface area contributed by atoms with Crippen molar-refractivity contribution in [3.63, 3.8) is 0 Å². The van der Waals surface area contributed by atoms with Crippen molar-refractivity contribution in [3.05, 3.63) is 52.7 Å². The molecule has 1 atom stereocenters. The lowest BCUT2D eigenvalue weighted by atomic mass is 10.0. The first-order valence-electron chi connectivity index (χ1n) is 10.4. The normalized spacial score (nSPS) is 16.6. The van der Waals surface area contributed by atoms with Crippen LogP contribution < -0.4 is 10.6 Å². The molecule has 0 bridgehead atoms. The second-order valence-corrected chi connectivity index (χ2v) is 7.40. The summed E-state index contributed by atoms with van der Waals surface area (Å²) < 4.78 is 11.2. The molecule has 0 spiro atoms. The number of guanidine groups is 1. The summed E-state index contributed by atoms with van der Waals surface area (Å²) >= 11 is 0. The number of rotatable bonds is 7. The molecule has 0 saturated carbocycles. The van der Waals surface area contributed by atoms with E-state index in [2.05, 4.69) is 63.6 Å². The summed E-state index contributed by atoms with van der Waals surface area (Å²) in [5.41, 5.74) is 3.50. The maximum atomic E-state index is 5.65. The number of nitrogens with zero attached hydrogens (tertiary/aromatic N) is 3. The zero-order chi connectivity index (χ0) is 20.6. The van der Waals surface area contributed by atoms with Crippen LogP contribution in [0.4, 0.5) is 0 Å². The van der Waals surface area contributed by atoms with Gasteiger partial charge in [0.1, 0.15) is 12.3 Å². The van der Waals surface area contributed by atoms with Gasteiger partial charge in [0, 0.05) is 26.2 Å². The number of nitrogens with one attached hydrogen (secondary N) is 2. The van der Waals surface area contributed by atoms with Gasteiger partial charge < -0.3 is 19.8 Å². The Kier molecular flexibility index (Phi) is 7.66. The highest BCUT2D eigenvalue weighted by Gasteiger charge is 2.23. The molecule has 2 heterocycles. The number of morpholine rings is 1. The highest BCUT2D eigenvalue weighted by Crippen LogP contribution is 2.22. The molecule has 0 radical (unpaired) electrons. The second kappa shape index (κ2) is 10.4. The standard InChI is InChI=1S/C22H33N5O2/c1-5-23-22(25-15-21-26-17(3)18(4)29-21)24-14-20(27-9-11-28-12-10-27)19-8-6-7-16(2)13-19/h6-8,13,20H,5,9-12,14-15H2,1-4H3,(H2,23,24,25). The monoisotopic (exact) mass is 399 g/mol. The van der Waals surface area contributed by atoms with Crippen LogP contribution in [0.2, 0.25) is 0 Å². The summed E-state index contributed by atoms with van der Waals surface area (Å²) in [6, 6.07) is 9.00. The topological polar surface area (TPSA) is 74.9 Å². The first-order valence-corrected chi connectivity index (χ1v) is 10.4. The summed E-state index contributed by atoms with van der Waals surface area (Å²) in [4.78, 5) is 11.6. The second-order valence-electron chi connectivity index (χ2n) is 7.40. The number of aromatic nitrogens is 1. The predicted molar refractivity (Wildman–Crippen MR) is 115 cm³/mol. The van der Waals surface area contributed by atoms with E-state index in [1.165, 1.54) is 11.1 Å². The minimum absolute atomic E-state index is 0.258. The average Bonchev–Trinajstić information content (AvgIpc) is 3.04. The van der Waals surface area contributed by atoms with E-state index in [1.807, 2.05) is 13.8 Å². The number of hydrogen-bond acceptors (Lipinski definition) is 5. The van der Waals surface area contributed by atoms with Gasteiger partial charge in [0.2, 0.25) is 5.89 Å². The van der Waals surface area contributed by atoms with Crippen molar-refractivity contribution in [3.8, 4) is 0 Å². The summed E-state index contributed by atoms with van der Waals surface area (Å²) in [7, 11) is 0. The Morgan fingerprint density at radius 2 is 2.00 bits per heavy atom. The third-order valence-electron chi connectivity index (χ3n) is 5.17. The smallest absolute Gasteiger partial charge is 0.216 e. The highest BCUT2D eigenvalue weighted by molar-refractivity contribution is 5.79. The summed E-state index contributed by atoms with van der Waals surface area (Å²) in [6.07, 6.45) is 0. The van der Waals surface area contributed by atoms with Crippen molar-refractivity contribution < 1.29 is 9.15 Å². The van der Waals surface area contributed by atoms with E-state index < -0.39 is 0 Å². The van der Waals surface area contributed by atoms with Crippen LogP contribution in [-0.4, -0.2) is 55.2 Å². The van der Waals surface area contributed by atoms with Crippen LogP contribution in [0.15, 0.2) is 33.7 Å². The molecule has 7 heteroatoms. The zero-order valence-corrected chi connectivity index (χ0v) is 18.0. The largest absolute Gasteiger partial charge is 0.444 e. The van der Waals surface area contributed by atoms with Gasteiger partial charge in [0.15, 0.2) is 5.96 Å². The Balaban J connectivity index is 1.71. The van der Waals surface area contributed by atoms with Gasteiger partial charge in [-0.3, -0.25) is 4.90 Å². The molecule has 7 nitrogen and oxygen atoms in total. The fraction of sp³-hybridized carbons (Fsp3) is 0.545. The van der Waals surface area contributed by atoms with Crippen LogP contribution in [-0.2, 0) is 11.3 Å². The van der Waals surface area contributed by atoms with Crippen LogP contribution >= 0.6 is 0 Å². The lowest BCUT2D eigenvalue weighted by Gasteiger charge is -2.35. The number of aliphatic imine (C=N–C) groups is 1. The van der Waals surface area contributed by atoms with Crippen molar-refractivity contribution in [1.82, 2.24) is 20.5 Å². The fourth-order valence-electron chi connectivity index (χ4n) is 3.51. The molecule has 1 aliphatic rings. The van der Waals surface area contributed by atoms with E-state index in [-0.39, 0.29) is 6.04 Å². The summed E-state index contributed by atoms with van der Waals surface area (Å²) in [6.45, 7) is 13.5. The van der Waals surface area contributed by atoms with Crippen LogP contribution in [0, 0.1) is 20.8 Å². The first kappa shape index (κ1) is 21.3. The number of ether oxygens (including phenoxy) is 1. The minimum Gasteiger partial charge on any atom is -0.444 e. The fourth-order valence-corrected chi connectivity index (χ4v) is 3.51. The Morgan fingerprint density at radius 3 is 2.66 bits per heavy atom. The number of hydrogen-bond donors (Lipinski definition) is 2. The Bertz CT molecular complexity index is 792. The molecule has 29 heavy (non-hydrogen) atoms. The number of oxazole rings is 1. The van der Waals surface area contributed by atoms with Gasteiger partial charge in [0.25, 0.3) is 0 Å². The highest BCUT2D eigenvalue weighted by atomic mass is 16.5. The van der Waals surface area contributed by atoms with Crippen molar-refractivity contribution >= 4 is 5.96 Å². The zero-order valence-electron chi connectivity index (χ0n) is 18.0. The molecule has 1 aromatic carbocycles. The van der Waals surface area contributed by atoms with Crippen molar-refractivity contribution in [2.75, 3.05) is 39.4 Å². The predicted octanol–water partition coefficient (Wildman–Crippen LogP) is 2.73. The minimum atomic E-state index is 0.258. The van der Waals surface area contributed by atoms with Crippen molar-refractivity contribution in [2.45, 2.75) is 40.3 Å². The van der Waals surface area contributed by atoms with Crippen LogP contribution in [0.1, 0.15) is 41.4 Å². The number of benzene rings is 1. The molecule has 2 aromatic rings. The van der Waals surface area contributed by atoms with Gasteiger partial charge in [0.05, 0.1) is 24.9 Å². The lowest BCUT2D eigenvalue weighted by molar-refractivity contribution is 0.0170. The summed E-state index contributed by atoms with van der Waals surface area (Å²) in [5.74, 6) is 2.26. The van der Waals surface area contributed by atoms with Crippen LogP contribution in [0.25, 0.3) is 0 Å². The molecular formula is C22H33N5O2. The Labute approximate surface area is 173 Å². The molecule has 1 saturated heterocycles. The van der Waals surface area contributed by atoms with Gasteiger partial charge in [-0.15, -0.1) is 0 Å². The molecule has 1 aromatic heterocycles. The van der Waals surface area contributed by atoms with Crippen LogP contribution in [0.5, 0.6) is 0 Å². The molecule has 1 aliphatic heterocycles. The lowest BCUT2D eigenvalue weighted by Crippen LogP contribution is -2.46. The van der Waals surface area contributed by atoms with Crippen molar-refractivity contribution in [1.29, 1.82) is 0 Å². The van der Waals surface area contributed by atoms with Gasteiger partial charge in [-0.1, -0.05) is 29.8 Å². The third-order valence-corrected chi connectivity index (χ3v) is 5.17. The van der Waals surface area contributed by atoms with E-state index in [0.717, 1.165) is 56.8 Å². The van der Waals surface area contributed by atoms with E-state index in [4.69, 9.17) is 9.15 Å². The average molecular weight is 400 g/mol. The third kappa shape index (κ3) is 6.05. The molecule has 0 amide bonds. The van der Waals surface area contributed by atoms with E-state index in [9.17, 15) is 0 Å².